The number of fused-ring (bicyclic) bond motifs is 1. The van der Waals surface area contributed by atoms with Crippen LogP contribution in [0.3, 0.4) is 0 Å². The highest BCUT2D eigenvalue weighted by Gasteiger charge is 2.18. The first-order valence-electron chi connectivity index (χ1n) is 4.43. The third-order valence-corrected chi connectivity index (χ3v) is 2.30. The Balaban J connectivity index is 2.16. The van der Waals surface area contributed by atoms with Crippen molar-refractivity contribution in [3.8, 4) is 0 Å². The number of hydrogen-bond acceptors (Lipinski definition) is 5. The van der Waals surface area contributed by atoms with E-state index in [0.29, 0.717) is 12.2 Å². The molecular formula is C8H11ClN4O. The van der Waals surface area contributed by atoms with Crippen LogP contribution in [-0.2, 0) is 0 Å². The molecule has 0 spiro atoms. The summed E-state index contributed by atoms with van der Waals surface area (Å²) in [6.07, 6.45) is 2.33. The van der Waals surface area contributed by atoms with Crippen molar-refractivity contribution in [3.05, 3.63) is 11.5 Å². The molecule has 0 saturated heterocycles. The summed E-state index contributed by atoms with van der Waals surface area (Å²) in [6.45, 7) is 0.923. The maximum absolute atomic E-state index is 8.79. The number of rotatable bonds is 2. The molecule has 0 radical (unpaired) electrons. The molecule has 1 atom stereocenters. The van der Waals surface area contributed by atoms with Crippen LogP contribution in [0.15, 0.2) is 6.20 Å². The Bertz CT molecular complexity index is 333. The van der Waals surface area contributed by atoms with E-state index in [0.717, 1.165) is 12.2 Å². The Morgan fingerprint density at radius 2 is 2.50 bits per heavy atom. The van der Waals surface area contributed by atoms with Crippen LogP contribution >= 0.6 is 11.6 Å². The van der Waals surface area contributed by atoms with Gasteiger partial charge in [-0.25, -0.2) is 4.98 Å². The van der Waals surface area contributed by atoms with E-state index in [9.17, 15) is 0 Å². The van der Waals surface area contributed by atoms with Crippen molar-refractivity contribution in [3.63, 3.8) is 0 Å². The van der Waals surface area contributed by atoms with Gasteiger partial charge in [-0.2, -0.15) is 4.98 Å². The molecule has 6 heteroatoms. The second-order valence-electron chi connectivity index (χ2n) is 3.14. The summed E-state index contributed by atoms with van der Waals surface area (Å²) < 4.78 is 0. The number of anilines is 2. The molecule has 0 aromatic carbocycles. The fourth-order valence-corrected chi connectivity index (χ4v) is 1.54. The molecule has 0 fully saturated rings. The minimum absolute atomic E-state index is 0.160. The van der Waals surface area contributed by atoms with E-state index in [4.69, 9.17) is 16.7 Å². The molecule has 0 unspecified atom stereocenters. The predicted molar refractivity (Wildman–Crippen MR) is 54.6 cm³/mol. The monoisotopic (exact) mass is 214 g/mol. The molecule has 5 nitrogen and oxygen atoms in total. The minimum atomic E-state index is 0.160. The van der Waals surface area contributed by atoms with E-state index in [1.807, 2.05) is 0 Å². The highest BCUT2D eigenvalue weighted by molar-refractivity contribution is 6.28. The van der Waals surface area contributed by atoms with Crippen molar-refractivity contribution >= 4 is 23.1 Å². The van der Waals surface area contributed by atoms with Crippen LogP contribution in [-0.4, -0.2) is 34.3 Å². The van der Waals surface area contributed by atoms with Gasteiger partial charge in [0.25, 0.3) is 0 Å². The van der Waals surface area contributed by atoms with E-state index in [1.54, 1.807) is 6.20 Å². The van der Waals surface area contributed by atoms with Gasteiger partial charge < -0.3 is 15.7 Å². The first kappa shape index (κ1) is 9.48. The third kappa shape index (κ3) is 1.88. The number of aliphatic hydroxyl groups is 1. The summed E-state index contributed by atoms with van der Waals surface area (Å²) in [5.74, 6) is 0.703. The molecule has 14 heavy (non-hydrogen) atoms. The normalized spacial score (nSPS) is 19.4. The van der Waals surface area contributed by atoms with Gasteiger partial charge in [-0.1, -0.05) is 0 Å². The highest BCUT2D eigenvalue weighted by atomic mass is 35.5. The van der Waals surface area contributed by atoms with Crippen LogP contribution in [0.1, 0.15) is 6.42 Å². The third-order valence-electron chi connectivity index (χ3n) is 2.12. The fourth-order valence-electron chi connectivity index (χ4n) is 1.41. The number of nitrogens with zero attached hydrogens (tertiary/aromatic N) is 2. The first-order valence-corrected chi connectivity index (χ1v) is 4.81. The highest BCUT2D eigenvalue weighted by Crippen LogP contribution is 2.24. The summed E-state index contributed by atoms with van der Waals surface area (Å²) in [5.41, 5.74) is 0.851. The van der Waals surface area contributed by atoms with E-state index < -0.39 is 0 Å². The van der Waals surface area contributed by atoms with Gasteiger partial charge in [-0.05, 0) is 18.0 Å². The zero-order valence-electron chi connectivity index (χ0n) is 7.50. The largest absolute Gasteiger partial charge is 0.396 e. The lowest BCUT2D eigenvalue weighted by Crippen LogP contribution is -2.34. The summed E-state index contributed by atoms with van der Waals surface area (Å²) in [5, 5.41) is 15.4. The van der Waals surface area contributed by atoms with Gasteiger partial charge in [0.1, 0.15) is 0 Å². The van der Waals surface area contributed by atoms with Crippen molar-refractivity contribution < 1.29 is 5.11 Å². The summed E-state index contributed by atoms with van der Waals surface area (Å²) in [7, 11) is 0. The van der Waals surface area contributed by atoms with E-state index in [1.165, 1.54) is 0 Å². The zero-order chi connectivity index (χ0) is 9.97. The Morgan fingerprint density at radius 3 is 3.29 bits per heavy atom. The molecular weight excluding hydrogens is 204 g/mol. The Hall–Kier alpha value is -1.07. The summed E-state index contributed by atoms with van der Waals surface area (Å²) in [4.78, 5) is 7.91. The lowest BCUT2D eigenvalue weighted by atomic mass is 10.1. The number of hydrogen-bond donors (Lipinski definition) is 3. The van der Waals surface area contributed by atoms with Gasteiger partial charge in [0.15, 0.2) is 5.82 Å². The number of halogens is 1. The molecule has 3 N–H and O–H groups in total. The van der Waals surface area contributed by atoms with Gasteiger partial charge in [0, 0.05) is 19.2 Å². The quantitative estimate of drug-likeness (QED) is 0.633. The molecule has 1 aliphatic heterocycles. The van der Waals surface area contributed by atoms with Crippen LogP contribution in [0.25, 0.3) is 0 Å². The fraction of sp³-hybridized carbons (Fsp3) is 0.500. The lowest BCUT2D eigenvalue weighted by molar-refractivity contribution is 0.280. The minimum Gasteiger partial charge on any atom is -0.396 e. The number of nitrogens with one attached hydrogen (secondary N) is 2. The second kappa shape index (κ2) is 3.98. The smallest absolute Gasteiger partial charge is 0.224 e. The average molecular weight is 215 g/mol. The molecule has 0 bridgehead atoms. The van der Waals surface area contributed by atoms with Crippen molar-refractivity contribution in [2.75, 3.05) is 23.8 Å². The van der Waals surface area contributed by atoms with Crippen LogP contribution < -0.4 is 10.6 Å². The van der Waals surface area contributed by atoms with Crippen LogP contribution in [0.4, 0.5) is 11.5 Å². The molecule has 0 saturated carbocycles. The molecule has 1 aromatic rings. The van der Waals surface area contributed by atoms with Crippen molar-refractivity contribution in [2.45, 2.75) is 12.5 Å². The SMILES string of the molecule is OCC[C@H]1CNc2cnc(Cl)nc2N1. The van der Waals surface area contributed by atoms with Crippen LogP contribution in [0.2, 0.25) is 5.28 Å². The first-order chi connectivity index (χ1) is 6.79. The van der Waals surface area contributed by atoms with Gasteiger partial charge in [-0.15, -0.1) is 0 Å². The Labute approximate surface area is 86.5 Å². The van der Waals surface area contributed by atoms with Crippen LogP contribution in [0, 0.1) is 0 Å². The van der Waals surface area contributed by atoms with Crippen molar-refractivity contribution in [1.82, 2.24) is 9.97 Å². The number of aromatic nitrogens is 2. The van der Waals surface area contributed by atoms with Crippen molar-refractivity contribution in [2.24, 2.45) is 0 Å². The lowest BCUT2D eigenvalue weighted by Gasteiger charge is -2.26. The average Bonchev–Trinajstić information content (AvgIpc) is 2.17. The predicted octanol–water partition coefficient (Wildman–Crippen LogP) is 0.718. The molecule has 1 aliphatic rings. The van der Waals surface area contributed by atoms with E-state index >= 15 is 0 Å². The Morgan fingerprint density at radius 1 is 1.64 bits per heavy atom. The Kier molecular flexibility index (Phi) is 2.69. The van der Waals surface area contributed by atoms with E-state index in [2.05, 4.69) is 20.6 Å². The molecule has 76 valence electrons. The maximum Gasteiger partial charge on any atom is 0.224 e. The molecule has 0 amide bonds. The van der Waals surface area contributed by atoms with Gasteiger partial charge in [0.2, 0.25) is 5.28 Å². The summed E-state index contributed by atoms with van der Waals surface area (Å²) >= 11 is 5.66. The number of aliphatic hydroxyl groups excluding tert-OH is 1. The second-order valence-corrected chi connectivity index (χ2v) is 3.47. The van der Waals surface area contributed by atoms with Gasteiger partial charge >= 0.3 is 0 Å². The maximum atomic E-state index is 8.79. The zero-order valence-corrected chi connectivity index (χ0v) is 8.25. The van der Waals surface area contributed by atoms with Crippen LogP contribution in [0.5, 0.6) is 0 Å². The molecule has 2 rings (SSSR count). The van der Waals surface area contributed by atoms with E-state index in [-0.39, 0.29) is 17.9 Å². The molecule has 2 heterocycles. The van der Waals surface area contributed by atoms with Crippen molar-refractivity contribution in [1.29, 1.82) is 0 Å². The topological polar surface area (TPSA) is 70.1 Å². The molecule has 0 aliphatic carbocycles. The standard InChI is InChI=1S/C8H11ClN4O/c9-8-11-4-6-7(13-8)12-5(1-2-14)3-10-6/h4-5,10,14H,1-3H2,(H,11,12,13)/t5-/m0/s1. The van der Waals surface area contributed by atoms with Gasteiger partial charge in [0.05, 0.1) is 11.9 Å². The molecule has 1 aromatic heterocycles. The van der Waals surface area contributed by atoms with Gasteiger partial charge in [-0.3, -0.25) is 0 Å². The summed E-state index contributed by atoms with van der Waals surface area (Å²) in [6, 6.07) is 0.193.